The van der Waals surface area contributed by atoms with E-state index in [-0.39, 0.29) is 5.78 Å². The van der Waals surface area contributed by atoms with E-state index in [2.05, 4.69) is 4.99 Å². The van der Waals surface area contributed by atoms with Crippen molar-refractivity contribution in [1.29, 1.82) is 0 Å². The lowest BCUT2D eigenvalue weighted by atomic mass is 10.3. The highest BCUT2D eigenvalue weighted by molar-refractivity contribution is 6.38. The molecule has 12 heavy (non-hydrogen) atoms. The Hall–Kier alpha value is -1.44. The monoisotopic (exact) mass is 161 g/mol. The van der Waals surface area contributed by atoms with Gasteiger partial charge in [-0.25, -0.2) is 0 Å². The van der Waals surface area contributed by atoms with Crippen LogP contribution in [-0.2, 0) is 4.79 Å². The van der Waals surface area contributed by atoms with Crippen LogP contribution in [0.4, 0.5) is 5.69 Å². The molecule has 1 aromatic carbocycles. The van der Waals surface area contributed by atoms with Gasteiger partial charge in [-0.2, -0.15) is 0 Å². The molecule has 62 valence electrons. The molecule has 0 saturated heterocycles. The van der Waals surface area contributed by atoms with Gasteiger partial charge in [-0.1, -0.05) is 18.2 Å². The van der Waals surface area contributed by atoms with Gasteiger partial charge in [0.15, 0.2) is 5.78 Å². The second-order valence-electron chi connectivity index (χ2n) is 2.59. The molecule has 0 unspecified atom stereocenters. The first-order valence-corrected chi connectivity index (χ1v) is 3.81. The molecular formula is C10H11NO. The quantitative estimate of drug-likeness (QED) is 0.612. The van der Waals surface area contributed by atoms with Gasteiger partial charge in [-0.05, 0) is 19.1 Å². The number of benzene rings is 1. The van der Waals surface area contributed by atoms with Crippen molar-refractivity contribution in [2.45, 2.75) is 13.8 Å². The summed E-state index contributed by atoms with van der Waals surface area (Å²) in [6.07, 6.45) is 0. The van der Waals surface area contributed by atoms with Crippen molar-refractivity contribution in [3.63, 3.8) is 0 Å². The van der Waals surface area contributed by atoms with Gasteiger partial charge in [-0.15, -0.1) is 0 Å². The third-order valence-electron chi connectivity index (χ3n) is 1.56. The van der Waals surface area contributed by atoms with Gasteiger partial charge in [0.05, 0.1) is 11.4 Å². The number of para-hydroxylation sites is 1. The smallest absolute Gasteiger partial charge is 0.173 e. The normalized spacial score (nSPS) is 11.3. The molecular weight excluding hydrogens is 150 g/mol. The van der Waals surface area contributed by atoms with Crippen LogP contribution in [0.15, 0.2) is 35.3 Å². The van der Waals surface area contributed by atoms with Gasteiger partial charge in [0.1, 0.15) is 0 Å². The van der Waals surface area contributed by atoms with Crippen molar-refractivity contribution in [3.05, 3.63) is 30.3 Å². The van der Waals surface area contributed by atoms with E-state index in [9.17, 15) is 4.79 Å². The SMILES string of the molecule is CC(=O)/C(C)=N/c1ccccc1. The zero-order valence-corrected chi connectivity index (χ0v) is 7.24. The zero-order valence-electron chi connectivity index (χ0n) is 7.24. The van der Waals surface area contributed by atoms with Gasteiger partial charge in [-0.3, -0.25) is 9.79 Å². The number of carbonyl (C=O) groups is 1. The molecule has 0 heterocycles. The van der Waals surface area contributed by atoms with Crippen LogP contribution in [0, 0.1) is 0 Å². The average Bonchev–Trinajstić information content (AvgIpc) is 2.06. The molecule has 0 fully saturated rings. The molecule has 1 aromatic rings. The molecule has 0 radical (unpaired) electrons. The van der Waals surface area contributed by atoms with E-state index in [4.69, 9.17) is 0 Å². The Kier molecular flexibility index (Phi) is 2.75. The Morgan fingerprint density at radius 2 is 1.75 bits per heavy atom. The lowest BCUT2D eigenvalue weighted by molar-refractivity contribution is -0.111. The summed E-state index contributed by atoms with van der Waals surface area (Å²) < 4.78 is 0. The highest BCUT2D eigenvalue weighted by Gasteiger charge is 1.96. The number of hydrogen-bond acceptors (Lipinski definition) is 2. The maximum absolute atomic E-state index is 10.8. The Bertz CT molecular complexity index is 301. The summed E-state index contributed by atoms with van der Waals surface area (Å²) in [5.74, 6) is 0.0128. The molecule has 0 saturated carbocycles. The van der Waals surface area contributed by atoms with Gasteiger partial charge < -0.3 is 0 Å². The molecule has 0 atom stereocenters. The van der Waals surface area contributed by atoms with Crippen molar-refractivity contribution in [1.82, 2.24) is 0 Å². The summed E-state index contributed by atoms with van der Waals surface area (Å²) in [5.41, 5.74) is 1.37. The number of Topliss-reactive ketones (excluding diaryl/α,β-unsaturated/α-hetero) is 1. The van der Waals surface area contributed by atoms with E-state index in [0.29, 0.717) is 5.71 Å². The van der Waals surface area contributed by atoms with Crippen molar-refractivity contribution in [2.75, 3.05) is 0 Å². The third kappa shape index (κ3) is 2.31. The summed E-state index contributed by atoms with van der Waals surface area (Å²) in [6, 6.07) is 9.44. The maximum Gasteiger partial charge on any atom is 0.173 e. The number of rotatable bonds is 2. The van der Waals surface area contributed by atoms with Crippen LogP contribution in [-0.4, -0.2) is 11.5 Å². The molecule has 0 bridgehead atoms. The first-order chi connectivity index (χ1) is 5.70. The lowest BCUT2D eigenvalue weighted by Gasteiger charge is -1.94. The molecule has 0 spiro atoms. The van der Waals surface area contributed by atoms with E-state index in [1.54, 1.807) is 6.92 Å². The van der Waals surface area contributed by atoms with E-state index >= 15 is 0 Å². The predicted octanol–water partition coefficient (Wildman–Crippen LogP) is 2.37. The molecule has 1 rings (SSSR count). The van der Waals surface area contributed by atoms with Crippen LogP contribution in [0.3, 0.4) is 0 Å². The number of ketones is 1. The summed E-state index contributed by atoms with van der Waals surface area (Å²) >= 11 is 0. The summed E-state index contributed by atoms with van der Waals surface area (Å²) in [4.78, 5) is 14.9. The molecule has 2 heteroatoms. The van der Waals surface area contributed by atoms with E-state index in [0.717, 1.165) is 5.69 Å². The van der Waals surface area contributed by atoms with E-state index in [1.165, 1.54) is 6.92 Å². The molecule has 2 nitrogen and oxygen atoms in total. The second kappa shape index (κ2) is 3.81. The number of nitrogens with zero attached hydrogens (tertiary/aromatic N) is 1. The fourth-order valence-electron chi connectivity index (χ4n) is 0.775. The zero-order chi connectivity index (χ0) is 8.97. The molecule has 0 aliphatic heterocycles. The highest BCUT2D eigenvalue weighted by Crippen LogP contribution is 2.09. The molecule has 0 N–H and O–H groups in total. The van der Waals surface area contributed by atoms with Gasteiger partial charge in [0.25, 0.3) is 0 Å². The Morgan fingerprint density at radius 3 is 2.25 bits per heavy atom. The van der Waals surface area contributed by atoms with Gasteiger partial charge in [0, 0.05) is 6.92 Å². The lowest BCUT2D eigenvalue weighted by Crippen LogP contribution is -2.02. The topological polar surface area (TPSA) is 29.4 Å². The fourth-order valence-corrected chi connectivity index (χ4v) is 0.775. The Morgan fingerprint density at radius 1 is 1.17 bits per heavy atom. The summed E-state index contributed by atoms with van der Waals surface area (Å²) in [6.45, 7) is 3.23. The van der Waals surface area contributed by atoms with Gasteiger partial charge in [0.2, 0.25) is 0 Å². The second-order valence-corrected chi connectivity index (χ2v) is 2.59. The molecule has 0 aliphatic rings. The third-order valence-corrected chi connectivity index (χ3v) is 1.56. The largest absolute Gasteiger partial charge is 0.293 e. The van der Waals surface area contributed by atoms with Crippen LogP contribution in [0.1, 0.15) is 13.8 Å². The molecule has 0 aliphatic carbocycles. The summed E-state index contributed by atoms with van der Waals surface area (Å²) in [7, 11) is 0. The van der Waals surface area contributed by atoms with Crippen molar-refractivity contribution < 1.29 is 4.79 Å². The first kappa shape index (κ1) is 8.65. The Balaban J connectivity index is 2.89. The number of hydrogen-bond donors (Lipinski definition) is 0. The highest BCUT2D eigenvalue weighted by atomic mass is 16.1. The van der Waals surface area contributed by atoms with Gasteiger partial charge >= 0.3 is 0 Å². The Labute approximate surface area is 71.9 Å². The minimum absolute atomic E-state index is 0.0128. The first-order valence-electron chi connectivity index (χ1n) is 3.81. The minimum Gasteiger partial charge on any atom is -0.293 e. The number of carbonyl (C=O) groups excluding carboxylic acids is 1. The van der Waals surface area contributed by atoms with E-state index < -0.39 is 0 Å². The fraction of sp³-hybridized carbons (Fsp3) is 0.200. The van der Waals surface area contributed by atoms with Crippen LogP contribution in [0.2, 0.25) is 0 Å². The van der Waals surface area contributed by atoms with E-state index in [1.807, 2.05) is 30.3 Å². The average molecular weight is 161 g/mol. The standard InChI is InChI=1S/C10H11NO/c1-8(9(2)12)11-10-6-4-3-5-7-10/h3-7H,1-2H3/b11-8+. The maximum atomic E-state index is 10.8. The van der Waals surface area contributed by atoms with Crippen LogP contribution < -0.4 is 0 Å². The molecule has 0 aromatic heterocycles. The van der Waals surface area contributed by atoms with Crippen LogP contribution >= 0.6 is 0 Å². The van der Waals surface area contributed by atoms with Crippen molar-refractivity contribution in [3.8, 4) is 0 Å². The predicted molar refractivity (Wildman–Crippen MR) is 49.9 cm³/mol. The molecule has 0 amide bonds. The minimum atomic E-state index is 0.0128. The number of aliphatic imine (C=N–C) groups is 1. The van der Waals surface area contributed by atoms with Crippen molar-refractivity contribution in [2.24, 2.45) is 4.99 Å². The van der Waals surface area contributed by atoms with Crippen LogP contribution in [0.5, 0.6) is 0 Å². The van der Waals surface area contributed by atoms with Crippen molar-refractivity contribution >= 4 is 17.2 Å². The van der Waals surface area contributed by atoms with Crippen LogP contribution in [0.25, 0.3) is 0 Å². The summed E-state index contributed by atoms with van der Waals surface area (Å²) in [5, 5.41) is 0.